The van der Waals surface area contributed by atoms with Crippen molar-refractivity contribution in [2.45, 2.75) is 26.3 Å². The van der Waals surface area contributed by atoms with Gasteiger partial charge >= 0.3 is 0 Å². The van der Waals surface area contributed by atoms with Crippen LogP contribution in [0.5, 0.6) is 5.75 Å². The molecule has 6 rings (SSSR count). The molecule has 2 fully saturated rings. The average molecular weight is 547 g/mol. The van der Waals surface area contributed by atoms with Crippen molar-refractivity contribution in [3.05, 3.63) is 59.1 Å². The van der Waals surface area contributed by atoms with Crippen molar-refractivity contribution in [2.24, 2.45) is 5.92 Å². The van der Waals surface area contributed by atoms with Gasteiger partial charge in [0, 0.05) is 58.1 Å². The monoisotopic (exact) mass is 546 g/mol. The van der Waals surface area contributed by atoms with E-state index in [1.807, 2.05) is 30.5 Å². The number of hydrogen-bond donors (Lipinski definition) is 1. The fourth-order valence-electron chi connectivity index (χ4n) is 5.18. The molecule has 0 atom stereocenters. The van der Waals surface area contributed by atoms with Crippen LogP contribution in [0.25, 0.3) is 22.6 Å². The number of fused-ring (bicyclic) bond motifs is 1. The first kappa shape index (κ1) is 26.0. The first-order valence-electron chi connectivity index (χ1n) is 13.7. The van der Waals surface area contributed by atoms with E-state index in [0.717, 1.165) is 90.6 Å². The molecule has 9 nitrogen and oxygen atoms in total. The van der Waals surface area contributed by atoms with Crippen LogP contribution in [0.1, 0.15) is 24.1 Å². The predicted molar refractivity (Wildman–Crippen MR) is 155 cm³/mol. The van der Waals surface area contributed by atoms with E-state index >= 15 is 0 Å². The molecular formula is C29H35ClN8O. The third-order valence-electron chi connectivity index (χ3n) is 7.46. The molecule has 1 aliphatic carbocycles. The molecular weight excluding hydrogens is 512 g/mol. The van der Waals surface area contributed by atoms with Crippen LogP contribution in [0.2, 0.25) is 5.02 Å². The molecule has 0 bridgehead atoms. The quantitative estimate of drug-likeness (QED) is 0.319. The number of hydrogen-bond acceptors (Lipinski definition) is 8. The number of benzene rings is 1. The molecule has 1 saturated heterocycles. The SMILES string of the molecule is Cc1ccnc(Cn2c(-c3ccc(OCCN4CCNCC4)cc3Cl)nc3c(N(C)CC4CC4)ncnc32)c1. The molecule has 2 aliphatic rings. The number of piperazine rings is 1. The number of aromatic nitrogens is 5. The minimum Gasteiger partial charge on any atom is -0.492 e. The van der Waals surface area contributed by atoms with E-state index in [1.54, 1.807) is 6.33 Å². The Bertz CT molecular complexity index is 1450. The summed E-state index contributed by atoms with van der Waals surface area (Å²) in [6.07, 6.45) is 6.02. The van der Waals surface area contributed by atoms with Crippen molar-refractivity contribution >= 4 is 28.6 Å². The smallest absolute Gasteiger partial charge is 0.166 e. The molecule has 204 valence electrons. The van der Waals surface area contributed by atoms with E-state index in [9.17, 15) is 0 Å². The van der Waals surface area contributed by atoms with Crippen molar-refractivity contribution < 1.29 is 4.74 Å². The van der Waals surface area contributed by atoms with Gasteiger partial charge in [0.2, 0.25) is 0 Å². The number of rotatable bonds is 10. The summed E-state index contributed by atoms with van der Waals surface area (Å²) in [5.74, 6) is 3.07. The number of anilines is 1. The van der Waals surface area contributed by atoms with Crippen LogP contribution in [0, 0.1) is 12.8 Å². The minimum atomic E-state index is 0.523. The van der Waals surface area contributed by atoms with Gasteiger partial charge in [0.25, 0.3) is 0 Å². The van der Waals surface area contributed by atoms with Crippen molar-refractivity contribution in [1.29, 1.82) is 0 Å². The first-order chi connectivity index (χ1) is 19.0. The normalized spacial score (nSPS) is 16.1. The Hall–Kier alpha value is -3.27. The van der Waals surface area contributed by atoms with E-state index in [1.165, 1.54) is 12.8 Å². The van der Waals surface area contributed by atoms with Crippen LogP contribution in [0.4, 0.5) is 5.82 Å². The summed E-state index contributed by atoms with van der Waals surface area (Å²) in [5, 5.41) is 3.97. The second-order valence-corrected chi connectivity index (χ2v) is 11.0. The molecule has 10 heteroatoms. The lowest BCUT2D eigenvalue weighted by Crippen LogP contribution is -2.44. The lowest BCUT2D eigenvalue weighted by Gasteiger charge is -2.26. The van der Waals surface area contributed by atoms with Crippen molar-refractivity contribution in [3.8, 4) is 17.1 Å². The highest BCUT2D eigenvalue weighted by Gasteiger charge is 2.26. The number of halogens is 1. The van der Waals surface area contributed by atoms with E-state index in [2.05, 4.69) is 54.7 Å². The Morgan fingerprint density at radius 2 is 1.95 bits per heavy atom. The van der Waals surface area contributed by atoms with Gasteiger partial charge in [-0.05, 0) is 61.6 Å². The maximum Gasteiger partial charge on any atom is 0.166 e. The predicted octanol–water partition coefficient (Wildman–Crippen LogP) is 4.03. The van der Waals surface area contributed by atoms with E-state index in [-0.39, 0.29) is 0 Å². The molecule has 1 aromatic carbocycles. The molecule has 4 aromatic rings. The lowest BCUT2D eigenvalue weighted by atomic mass is 10.2. The zero-order valence-corrected chi connectivity index (χ0v) is 23.4. The van der Waals surface area contributed by atoms with Gasteiger partial charge in [0.15, 0.2) is 17.0 Å². The summed E-state index contributed by atoms with van der Waals surface area (Å²) in [4.78, 5) is 23.6. The van der Waals surface area contributed by atoms with E-state index in [0.29, 0.717) is 18.2 Å². The van der Waals surface area contributed by atoms with Crippen molar-refractivity contribution in [3.63, 3.8) is 0 Å². The molecule has 0 unspecified atom stereocenters. The maximum atomic E-state index is 6.88. The Kier molecular flexibility index (Phi) is 7.63. The number of ether oxygens (including phenoxy) is 1. The average Bonchev–Trinajstić information content (AvgIpc) is 3.68. The van der Waals surface area contributed by atoms with E-state index < -0.39 is 0 Å². The van der Waals surface area contributed by atoms with Gasteiger partial charge in [-0.3, -0.25) is 9.88 Å². The fraction of sp³-hybridized carbons (Fsp3) is 0.448. The lowest BCUT2D eigenvalue weighted by molar-refractivity contribution is 0.191. The van der Waals surface area contributed by atoms with Crippen molar-refractivity contribution in [2.75, 3.05) is 57.8 Å². The van der Waals surface area contributed by atoms with Gasteiger partial charge in [0.05, 0.1) is 17.3 Å². The van der Waals surface area contributed by atoms with Crippen LogP contribution >= 0.6 is 11.6 Å². The summed E-state index contributed by atoms with van der Waals surface area (Å²) in [6, 6.07) is 9.94. The zero-order chi connectivity index (χ0) is 26.8. The summed E-state index contributed by atoms with van der Waals surface area (Å²) in [5.41, 5.74) is 4.47. The molecule has 3 aromatic heterocycles. The van der Waals surface area contributed by atoms with Gasteiger partial charge < -0.3 is 19.5 Å². The fourth-order valence-corrected chi connectivity index (χ4v) is 5.43. The molecule has 4 heterocycles. The van der Waals surface area contributed by atoms with E-state index in [4.69, 9.17) is 21.3 Å². The number of pyridine rings is 1. The molecule has 1 saturated carbocycles. The molecule has 1 aliphatic heterocycles. The topological polar surface area (TPSA) is 84.2 Å². The van der Waals surface area contributed by atoms with Gasteiger partial charge in [-0.25, -0.2) is 15.0 Å². The summed E-state index contributed by atoms with van der Waals surface area (Å²) < 4.78 is 8.16. The number of imidazole rings is 1. The zero-order valence-electron chi connectivity index (χ0n) is 22.6. The summed E-state index contributed by atoms with van der Waals surface area (Å²) >= 11 is 6.88. The Labute approximate surface area is 234 Å². The maximum absolute atomic E-state index is 6.88. The first-order valence-corrected chi connectivity index (χ1v) is 14.1. The summed E-state index contributed by atoms with van der Waals surface area (Å²) in [7, 11) is 2.08. The second kappa shape index (κ2) is 11.5. The van der Waals surface area contributed by atoms with Crippen LogP contribution in [-0.2, 0) is 6.54 Å². The third kappa shape index (κ3) is 6.00. The van der Waals surface area contributed by atoms with Crippen LogP contribution < -0.4 is 15.0 Å². The Morgan fingerprint density at radius 1 is 1.10 bits per heavy atom. The van der Waals surface area contributed by atoms with Crippen LogP contribution in [0.3, 0.4) is 0 Å². The van der Waals surface area contributed by atoms with Crippen LogP contribution in [0.15, 0.2) is 42.9 Å². The number of nitrogens with one attached hydrogen (secondary N) is 1. The highest BCUT2D eigenvalue weighted by molar-refractivity contribution is 6.33. The molecule has 1 N–H and O–H groups in total. The highest BCUT2D eigenvalue weighted by atomic mass is 35.5. The second-order valence-electron chi connectivity index (χ2n) is 10.6. The largest absolute Gasteiger partial charge is 0.492 e. The third-order valence-corrected chi connectivity index (χ3v) is 7.78. The number of aryl methyl sites for hydroxylation is 1. The Balaban J connectivity index is 1.32. The molecule has 0 amide bonds. The van der Waals surface area contributed by atoms with Gasteiger partial charge in [-0.2, -0.15) is 0 Å². The number of nitrogens with zero attached hydrogens (tertiary/aromatic N) is 7. The van der Waals surface area contributed by atoms with Gasteiger partial charge in [-0.15, -0.1) is 0 Å². The van der Waals surface area contributed by atoms with Crippen LogP contribution in [-0.4, -0.2) is 82.3 Å². The van der Waals surface area contributed by atoms with Gasteiger partial charge in [0.1, 0.15) is 24.5 Å². The van der Waals surface area contributed by atoms with Gasteiger partial charge in [-0.1, -0.05) is 11.6 Å². The highest BCUT2D eigenvalue weighted by Crippen LogP contribution is 2.36. The van der Waals surface area contributed by atoms with Crippen molar-refractivity contribution in [1.82, 2.24) is 34.7 Å². The molecule has 39 heavy (non-hydrogen) atoms. The minimum absolute atomic E-state index is 0.523. The molecule has 0 radical (unpaired) electrons. The molecule has 0 spiro atoms. The Morgan fingerprint density at radius 3 is 2.72 bits per heavy atom. The summed E-state index contributed by atoms with van der Waals surface area (Å²) in [6.45, 7) is 9.25. The standard InChI is InChI=1S/C29H35ClN8O/c1-20-7-8-32-22(15-20)18-38-27(35-26-28(33-19-34-29(26)38)36(2)17-21-3-4-21)24-6-5-23(16-25(24)30)39-14-13-37-11-9-31-10-12-37/h5-8,15-16,19,21,31H,3-4,9-14,17-18H2,1-2H3.